The summed E-state index contributed by atoms with van der Waals surface area (Å²) in [6, 6.07) is 6.14. The molecule has 0 bridgehead atoms. The van der Waals surface area contributed by atoms with Gasteiger partial charge >= 0.3 is 0 Å². The summed E-state index contributed by atoms with van der Waals surface area (Å²) in [7, 11) is 0. The lowest BCUT2D eigenvalue weighted by Gasteiger charge is -2.40. The van der Waals surface area contributed by atoms with Gasteiger partial charge in [-0.3, -0.25) is 4.90 Å². The zero-order valence-electron chi connectivity index (χ0n) is 13.2. The van der Waals surface area contributed by atoms with Crippen LogP contribution in [0.2, 0.25) is 5.02 Å². The molecule has 1 aromatic carbocycles. The second kappa shape index (κ2) is 7.57. The van der Waals surface area contributed by atoms with E-state index in [9.17, 15) is 4.39 Å². The fourth-order valence-electron chi connectivity index (χ4n) is 3.12. The molecule has 4 heteroatoms. The Morgan fingerprint density at radius 2 is 2.19 bits per heavy atom. The van der Waals surface area contributed by atoms with Crippen molar-refractivity contribution in [1.29, 1.82) is 0 Å². The zero-order valence-corrected chi connectivity index (χ0v) is 14.0. The quantitative estimate of drug-likeness (QED) is 0.881. The SMILES string of the molecule is CCC1CNC(CC(C)C)CN1Cc1ccc(F)c(Cl)c1. The molecule has 1 saturated heterocycles. The Balaban J connectivity index is 2.04. The first-order valence-corrected chi connectivity index (χ1v) is 8.28. The van der Waals surface area contributed by atoms with Gasteiger partial charge in [-0.15, -0.1) is 0 Å². The number of piperazine rings is 1. The molecule has 2 nitrogen and oxygen atoms in total. The van der Waals surface area contributed by atoms with E-state index >= 15 is 0 Å². The van der Waals surface area contributed by atoms with E-state index in [1.807, 2.05) is 6.07 Å². The molecule has 1 aromatic rings. The molecule has 2 unspecified atom stereocenters. The second-order valence-electron chi connectivity index (χ2n) is 6.47. The number of hydrogen-bond acceptors (Lipinski definition) is 2. The number of hydrogen-bond donors (Lipinski definition) is 1. The van der Waals surface area contributed by atoms with Gasteiger partial charge in [-0.25, -0.2) is 4.39 Å². The fourth-order valence-corrected chi connectivity index (χ4v) is 3.33. The van der Waals surface area contributed by atoms with Crippen molar-refractivity contribution in [3.8, 4) is 0 Å². The van der Waals surface area contributed by atoms with Gasteiger partial charge in [0.2, 0.25) is 0 Å². The van der Waals surface area contributed by atoms with Gasteiger partial charge in [0.05, 0.1) is 5.02 Å². The van der Waals surface area contributed by atoms with Gasteiger partial charge in [0.1, 0.15) is 5.82 Å². The van der Waals surface area contributed by atoms with E-state index in [0.717, 1.165) is 31.6 Å². The Hall–Kier alpha value is -0.640. The van der Waals surface area contributed by atoms with Gasteiger partial charge in [0.15, 0.2) is 0 Å². The Kier molecular flexibility index (Phi) is 6.03. The van der Waals surface area contributed by atoms with E-state index in [0.29, 0.717) is 18.0 Å². The molecule has 0 radical (unpaired) electrons. The summed E-state index contributed by atoms with van der Waals surface area (Å²) in [5.41, 5.74) is 1.09. The molecule has 1 aliphatic heterocycles. The lowest BCUT2D eigenvalue weighted by atomic mass is 9.98. The van der Waals surface area contributed by atoms with Crippen LogP contribution in [-0.4, -0.2) is 30.1 Å². The minimum Gasteiger partial charge on any atom is -0.311 e. The van der Waals surface area contributed by atoms with Crippen molar-refractivity contribution in [1.82, 2.24) is 10.2 Å². The van der Waals surface area contributed by atoms with Crippen LogP contribution in [0.3, 0.4) is 0 Å². The third kappa shape index (κ3) is 4.67. The molecule has 1 heterocycles. The predicted molar refractivity (Wildman–Crippen MR) is 87.1 cm³/mol. The first-order chi connectivity index (χ1) is 9.99. The minimum absolute atomic E-state index is 0.217. The minimum atomic E-state index is -0.342. The molecule has 2 rings (SSSR count). The van der Waals surface area contributed by atoms with E-state index in [-0.39, 0.29) is 10.8 Å². The number of nitrogens with zero attached hydrogens (tertiary/aromatic N) is 1. The third-order valence-electron chi connectivity index (χ3n) is 4.21. The van der Waals surface area contributed by atoms with Crippen LogP contribution in [0.15, 0.2) is 18.2 Å². The summed E-state index contributed by atoms with van der Waals surface area (Å²) in [6.07, 6.45) is 2.31. The molecule has 118 valence electrons. The Labute approximate surface area is 132 Å². The lowest BCUT2D eigenvalue weighted by molar-refractivity contribution is 0.111. The largest absolute Gasteiger partial charge is 0.311 e. The highest BCUT2D eigenvalue weighted by Crippen LogP contribution is 2.21. The standard InChI is InChI=1S/C17H26ClFN2/c1-4-15-9-20-14(7-12(2)3)11-21(15)10-13-5-6-17(19)16(18)8-13/h5-6,8,12,14-15,20H,4,7,9-11H2,1-3H3. The van der Waals surface area contributed by atoms with Gasteiger partial charge in [-0.05, 0) is 36.5 Å². The van der Waals surface area contributed by atoms with Gasteiger partial charge in [0.25, 0.3) is 0 Å². The van der Waals surface area contributed by atoms with Crippen LogP contribution in [0.4, 0.5) is 4.39 Å². The van der Waals surface area contributed by atoms with Crippen LogP contribution < -0.4 is 5.32 Å². The molecule has 0 saturated carbocycles. The van der Waals surface area contributed by atoms with Crippen LogP contribution in [0.1, 0.15) is 39.2 Å². The summed E-state index contributed by atoms with van der Waals surface area (Å²) < 4.78 is 13.3. The number of benzene rings is 1. The van der Waals surface area contributed by atoms with Crippen molar-refractivity contribution in [2.75, 3.05) is 13.1 Å². The summed E-state index contributed by atoms with van der Waals surface area (Å²) in [5.74, 6) is 0.355. The zero-order chi connectivity index (χ0) is 15.4. The van der Waals surface area contributed by atoms with Crippen LogP contribution in [0.5, 0.6) is 0 Å². The lowest BCUT2D eigenvalue weighted by Crippen LogP contribution is -2.56. The molecule has 21 heavy (non-hydrogen) atoms. The maximum Gasteiger partial charge on any atom is 0.141 e. The van der Waals surface area contributed by atoms with Gasteiger partial charge in [-0.2, -0.15) is 0 Å². The molecule has 0 amide bonds. The van der Waals surface area contributed by atoms with Crippen LogP contribution in [0, 0.1) is 11.7 Å². The fraction of sp³-hybridized carbons (Fsp3) is 0.647. The average molecular weight is 313 g/mol. The molecule has 1 fully saturated rings. The molecule has 0 aromatic heterocycles. The van der Waals surface area contributed by atoms with Crippen LogP contribution >= 0.6 is 11.6 Å². The highest BCUT2D eigenvalue weighted by molar-refractivity contribution is 6.30. The maximum absolute atomic E-state index is 13.3. The Morgan fingerprint density at radius 3 is 2.81 bits per heavy atom. The van der Waals surface area contributed by atoms with Gasteiger partial charge < -0.3 is 5.32 Å². The van der Waals surface area contributed by atoms with Crippen LogP contribution in [-0.2, 0) is 6.54 Å². The predicted octanol–water partition coefficient (Wildman–Crippen LogP) is 4.08. The highest BCUT2D eigenvalue weighted by atomic mass is 35.5. The van der Waals surface area contributed by atoms with E-state index in [1.54, 1.807) is 6.07 Å². The van der Waals surface area contributed by atoms with Crippen molar-refractivity contribution >= 4 is 11.6 Å². The first kappa shape index (κ1) is 16.7. The van der Waals surface area contributed by atoms with E-state index < -0.39 is 0 Å². The molecule has 1 aliphatic rings. The van der Waals surface area contributed by atoms with E-state index in [2.05, 4.69) is 31.0 Å². The molecular formula is C17H26ClFN2. The molecule has 0 spiro atoms. The Bertz CT molecular complexity index is 464. The summed E-state index contributed by atoms with van der Waals surface area (Å²) >= 11 is 5.89. The second-order valence-corrected chi connectivity index (χ2v) is 6.88. The summed E-state index contributed by atoms with van der Waals surface area (Å²) in [6.45, 7) is 9.67. The smallest absolute Gasteiger partial charge is 0.141 e. The van der Waals surface area contributed by atoms with Crippen molar-refractivity contribution in [3.05, 3.63) is 34.6 Å². The van der Waals surface area contributed by atoms with E-state index in [4.69, 9.17) is 11.6 Å². The molecule has 2 atom stereocenters. The van der Waals surface area contributed by atoms with Gasteiger partial charge in [-0.1, -0.05) is 38.4 Å². The monoisotopic (exact) mass is 312 g/mol. The average Bonchev–Trinajstić information content (AvgIpc) is 2.43. The Morgan fingerprint density at radius 1 is 1.43 bits per heavy atom. The van der Waals surface area contributed by atoms with E-state index in [1.165, 1.54) is 12.5 Å². The van der Waals surface area contributed by atoms with Gasteiger partial charge in [0, 0.05) is 31.7 Å². The number of nitrogens with one attached hydrogen (secondary N) is 1. The first-order valence-electron chi connectivity index (χ1n) is 7.91. The summed E-state index contributed by atoms with van der Waals surface area (Å²) in [5, 5.41) is 3.88. The van der Waals surface area contributed by atoms with Crippen molar-refractivity contribution < 1.29 is 4.39 Å². The third-order valence-corrected chi connectivity index (χ3v) is 4.50. The molecule has 1 N–H and O–H groups in total. The number of halogens is 2. The molecule has 0 aliphatic carbocycles. The topological polar surface area (TPSA) is 15.3 Å². The van der Waals surface area contributed by atoms with Crippen molar-refractivity contribution in [3.63, 3.8) is 0 Å². The van der Waals surface area contributed by atoms with Crippen molar-refractivity contribution in [2.24, 2.45) is 5.92 Å². The number of rotatable bonds is 5. The maximum atomic E-state index is 13.3. The molecular weight excluding hydrogens is 287 g/mol. The normalized spacial score (nSPS) is 23.7. The summed E-state index contributed by atoms with van der Waals surface area (Å²) in [4.78, 5) is 2.51. The highest BCUT2D eigenvalue weighted by Gasteiger charge is 2.27. The van der Waals surface area contributed by atoms with Crippen molar-refractivity contribution in [2.45, 2.75) is 52.2 Å². The van der Waals surface area contributed by atoms with Crippen LogP contribution in [0.25, 0.3) is 0 Å².